The van der Waals surface area contributed by atoms with E-state index in [1.165, 1.54) is 24.0 Å². The molecule has 0 saturated carbocycles. The van der Waals surface area contributed by atoms with E-state index in [2.05, 4.69) is 27.2 Å². The highest BCUT2D eigenvalue weighted by Gasteiger charge is 2.08. The first-order valence-electron chi connectivity index (χ1n) is 6.09. The van der Waals surface area contributed by atoms with E-state index in [-0.39, 0.29) is 11.6 Å². The average Bonchev–Trinajstić information content (AvgIpc) is 2.42. The lowest BCUT2D eigenvalue weighted by Gasteiger charge is -2.13. The maximum absolute atomic E-state index is 11.2. The fraction of sp³-hybridized carbons (Fsp3) is 0.308. The summed E-state index contributed by atoms with van der Waals surface area (Å²) in [5.74, 6) is 0. The molecule has 0 amide bonds. The van der Waals surface area contributed by atoms with E-state index in [1.54, 1.807) is 6.20 Å². The van der Waals surface area contributed by atoms with Gasteiger partial charge in [0, 0.05) is 29.4 Å². The molecule has 0 aromatic carbocycles. The lowest BCUT2D eigenvalue weighted by molar-refractivity contribution is 0.561. The summed E-state index contributed by atoms with van der Waals surface area (Å²) in [5, 5.41) is 3.79. The molecule has 2 N–H and O–H groups in total. The van der Waals surface area contributed by atoms with Gasteiger partial charge in [-0.1, -0.05) is 18.7 Å². The Morgan fingerprint density at radius 3 is 2.79 bits per heavy atom. The van der Waals surface area contributed by atoms with E-state index < -0.39 is 0 Å². The van der Waals surface area contributed by atoms with Gasteiger partial charge in [-0.25, -0.2) is 4.98 Å². The minimum absolute atomic E-state index is 0.150. The number of nitrogens with one attached hydrogen (secondary N) is 2. The molecule has 0 bridgehead atoms. The van der Waals surface area contributed by atoms with E-state index in [4.69, 9.17) is 0 Å². The van der Waals surface area contributed by atoms with Crippen molar-refractivity contribution in [3.63, 3.8) is 0 Å². The van der Waals surface area contributed by atoms with Crippen molar-refractivity contribution in [2.45, 2.75) is 29.4 Å². The van der Waals surface area contributed by atoms with E-state index >= 15 is 0 Å². The van der Waals surface area contributed by atoms with Gasteiger partial charge in [0.2, 0.25) is 0 Å². The van der Waals surface area contributed by atoms with Gasteiger partial charge in [0.15, 0.2) is 5.16 Å². The Labute approximate surface area is 115 Å². The van der Waals surface area contributed by atoms with Gasteiger partial charge in [-0.05, 0) is 25.6 Å². The van der Waals surface area contributed by atoms with Gasteiger partial charge in [0.05, 0.1) is 5.69 Å². The number of nitrogens with zero attached hydrogens (tertiary/aromatic N) is 2. The highest BCUT2D eigenvalue weighted by molar-refractivity contribution is 7.99. The van der Waals surface area contributed by atoms with Crippen LogP contribution in [0.2, 0.25) is 0 Å². The third-order valence-electron chi connectivity index (χ3n) is 2.74. The largest absolute Gasteiger partial charge is 0.312 e. The van der Waals surface area contributed by atoms with Gasteiger partial charge in [-0.3, -0.25) is 9.78 Å². The molecule has 6 heteroatoms. The Bertz CT molecular complexity index is 578. The van der Waals surface area contributed by atoms with Crippen LogP contribution in [0.25, 0.3) is 0 Å². The SMILES string of the molecule is CCC(NC)c1ccc(Sc2nccc(=O)[nH]2)cn1. The van der Waals surface area contributed by atoms with E-state index in [1.807, 2.05) is 19.2 Å². The van der Waals surface area contributed by atoms with Crippen LogP contribution in [0.4, 0.5) is 0 Å². The van der Waals surface area contributed by atoms with Crippen LogP contribution < -0.4 is 10.9 Å². The molecule has 0 spiro atoms. The Kier molecular flexibility index (Phi) is 4.70. The van der Waals surface area contributed by atoms with Crippen LogP contribution in [0.5, 0.6) is 0 Å². The molecule has 2 aromatic heterocycles. The molecule has 0 aliphatic heterocycles. The molecule has 1 atom stereocenters. The Morgan fingerprint density at radius 1 is 1.37 bits per heavy atom. The minimum atomic E-state index is -0.150. The molecule has 5 nitrogen and oxygen atoms in total. The van der Waals surface area contributed by atoms with E-state index in [0.29, 0.717) is 5.16 Å². The number of hydrogen-bond donors (Lipinski definition) is 2. The molecule has 0 aliphatic carbocycles. The molecule has 0 saturated heterocycles. The maximum Gasteiger partial charge on any atom is 0.251 e. The van der Waals surface area contributed by atoms with Crippen LogP contribution in [-0.4, -0.2) is 22.0 Å². The molecule has 1 unspecified atom stereocenters. The summed E-state index contributed by atoms with van der Waals surface area (Å²) in [5.41, 5.74) is 0.868. The molecule has 19 heavy (non-hydrogen) atoms. The third-order valence-corrected chi connectivity index (χ3v) is 3.61. The fourth-order valence-electron chi connectivity index (χ4n) is 1.73. The number of aromatic nitrogens is 3. The summed E-state index contributed by atoms with van der Waals surface area (Å²) >= 11 is 1.39. The molecular weight excluding hydrogens is 260 g/mol. The molecule has 2 rings (SSSR count). The summed E-state index contributed by atoms with van der Waals surface area (Å²) in [6.07, 6.45) is 4.29. The summed E-state index contributed by atoms with van der Waals surface area (Å²) < 4.78 is 0. The van der Waals surface area contributed by atoms with Crippen LogP contribution in [0.3, 0.4) is 0 Å². The molecule has 2 heterocycles. The summed E-state index contributed by atoms with van der Waals surface area (Å²) in [7, 11) is 1.93. The Balaban J connectivity index is 2.12. The van der Waals surface area contributed by atoms with Crippen molar-refractivity contribution in [1.29, 1.82) is 0 Å². The van der Waals surface area contributed by atoms with Crippen molar-refractivity contribution < 1.29 is 0 Å². The van der Waals surface area contributed by atoms with Crippen LogP contribution in [0, 0.1) is 0 Å². The fourth-order valence-corrected chi connectivity index (χ4v) is 2.46. The van der Waals surface area contributed by atoms with Crippen molar-refractivity contribution in [3.05, 3.63) is 46.6 Å². The predicted molar refractivity (Wildman–Crippen MR) is 75.3 cm³/mol. The van der Waals surface area contributed by atoms with Gasteiger partial charge < -0.3 is 10.3 Å². The minimum Gasteiger partial charge on any atom is -0.312 e. The number of aromatic amines is 1. The van der Waals surface area contributed by atoms with Crippen LogP contribution in [0.15, 0.2) is 45.4 Å². The van der Waals surface area contributed by atoms with Crippen molar-refractivity contribution in [2.24, 2.45) is 0 Å². The second kappa shape index (κ2) is 6.49. The van der Waals surface area contributed by atoms with Crippen molar-refractivity contribution in [1.82, 2.24) is 20.3 Å². The Hall–Kier alpha value is -1.66. The number of pyridine rings is 1. The highest BCUT2D eigenvalue weighted by Crippen LogP contribution is 2.24. The molecule has 0 fully saturated rings. The standard InChI is InChI=1S/C13H16N4OS/c1-3-10(14-2)11-5-4-9(8-16-11)19-13-15-7-6-12(18)17-13/h4-8,10,14H,3H2,1-2H3,(H,15,17,18). The molecule has 0 aliphatic rings. The second-order valence-corrected chi connectivity index (χ2v) is 5.07. The van der Waals surface area contributed by atoms with Crippen LogP contribution in [-0.2, 0) is 0 Å². The van der Waals surface area contributed by atoms with Gasteiger partial charge in [0.1, 0.15) is 0 Å². The number of hydrogen-bond acceptors (Lipinski definition) is 5. The molecule has 100 valence electrons. The first-order chi connectivity index (χ1) is 9.22. The molecule has 2 aromatic rings. The summed E-state index contributed by atoms with van der Waals surface area (Å²) in [6, 6.07) is 5.65. The monoisotopic (exact) mass is 276 g/mol. The summed E-state index contributed by atoms with van der Waals surface area (Å²) in [6.45, 7) is 2.12. The van der Waals surface area contributed by atoms with Crippen molar-refractivity contribution in [3.8, 4) is 0 Å². The topological polar surface area (TPSA) is 70.7 Å². The quantitative estimate of drug-likeness (QED) is 0.817. The zero-order valence-corrected chi connectivity index (χ0v) is 11.7. The Morgan fingerprint density at radius 2 is 2.21 bits per heavy atom. The van der Waals surface area contributed by atoms with E-state index in [9.17, 15) is 4.79 Å². The number of rotatable bonds is 5. The van der Waals surface area contributed by atoms with E-state index in [0.717, 1.165) is 17.0 Å². The third kappa shape index (κ3) is 3.65. The van der Waals surface area contributed by atoms with Crippen molar-refractivity contribution >= 4 is 11.8 Å². The zero-order chi connectivity index (χ0) is 13.7. The highest BCUT2D eigenvalue weighted by atomic mass is 32.2. The predicted octanol–water partition coefficient (Wildman–Crippen LogP) is 1.99. The first-order valence-corrected chi connectivity index (χ1v) is 6.91. The van der Waals surface area contributed by atoms with Crippen LogP contribution in [0.1, 0.15) is 25.1 Å². The lowest BCUT2D eigenvalue weighted by Crippen LogP contribution is -2.16. The van der Waals surface area contributed by atoms with Gasteiger partial charge >= 0.3 is 0 Å². The first kappa shape index (κ1) is 13.8. The van der Waals surface area contributed by atoms with Crippen LogP contribution >= 0.6 is 11.8 Å². The zero-order valence-electron chi connectivity index (χ0n) is 10.9. The summed E-state index contributed by atoms with van der Waals surface area (Å²) in [4.78, 5) is 23.3. The van der Waals surface area contributed by atoms with Gasteiger partial charge in [0.25, 0.3) is 5.56 Å². The van der Waals surface area contributed by atoms with Gasteiger partial charge in [-0.15, -0.1) is 0 Å². The number of H-pyrrole nitrogens is 1. The smallest absolute Gasteiger partial charge is 0.251 e. The van der Waals surface area contributed by atoms with Crippen molar-refractivity contribution in [2.75, 3.05) is 7.05 Å². The molecule has 0 radical (unpaired) electrons. The maximum atomic E-state index is 11.2. The van der Waals surface area contributed by atoms with Gasteiger partial charge in [-0.2, -0.15) is 0 Å². The second-order valence-electron chi connectivity index (χ2n) is 4.01. The lowest BCUT2D eigenvalue weighted by atomic mass is 10.1. The normalized spacial score (nSPS) is 12.3. The molecular formula is C13H16N4OS. The average molecular weight is 276 g/mol.